The van der Waals surface area contributed by atoms with Crippen molar-refractivity contribution in [2.45, 2.75) is 0 Å². The molecule has 0 aliphatic carbocycles. The van der Waals surface area contributed by atoms with Crippen LogP contribution in [0.15, 0.2) is 96.1 Å². The number of anilines is 2. The number of pyridine rings is 1. The molecule has 1 saturated heterocycles. The lowest BCUT2D eigenvalue weighted by atomic mass is 10.0. The highest BCUT2D eigenvalue weighted by molar-refractivity contribution is 6.13. The topological polar surface area (TPSA) is 114 Å². The third kappa shape index (κ3) is 5.77. The lowest BCUT2D eigenvalue weighted by molar-refractivity contribution is 0.101. The van der Waals surface area contributed by atoms with E-state index in [2.05, 4.69) is 49.3 Å². The van der Waals surface area contributed by atoms with E-state index in [1.807, 2.05) is 12.1 Å². The van der Waals surface area contributed by atoms with Crippen molar-refractivity contribution in [3.8, 4) is 5.88 Å². The van der Waals surface area contributed by atoms with E-state index in [1.165, 1.54) is 5.69 Å². The lowest BCUT2D eigenvalue weighted by Crippen LogP contribution is -2.44. The van der Waals surface area contributed by atoms with Crippen molar-refractivity contribution in [1.29, 1.82) is 0 Å². The summed E-state index contributed by atoms with van der Waals surface area (Å²) in [6, 6.07) is 25.2. The number of aromatic amines is 1. The number of rotatable bonds is 7. The van der Waals surface area contributed by atoms with Gasteiger partial charge in [0.2, 0.25) is 0 Å². The molecule has 0 spiro atoms. The number of hydrogen-bond acceptors (Lipinski definition) is 7. The van der Waals surface area contributed by atoms with Gasteiger partial charge in [0.25, 0.3) is 5.91 Å². The van der Waals surface area contributed by atoms with Crippen LogP contribution in [0.1, 0.15) is 32.0 Å². The minimum absolute atomic E-state index is 0.0216. The summed E-state index contributed by atoms with van der Waals surface area (Å²) in [6.45, 7) is 4.09. The Labute approximate surface area is 243 Å². The number of nitrogens with one attached hydrogen (secondary N) is 2. The van der Waals surface area contributed by atoms with Gasteiger partial charge < -0.3 is 25.2 Å². The summed E-state index contributed by atoms with van der Waals surface area (Å²) in [5.41, 5.74) is 4.76. The normalized spacial score (nSPS) is 14.0. The molecule has 3 aromatic carbocycles. The Morgan fingerprint density at radius 3 is 2.48 bits per heavy atom. The lowest BCUT2D eigenvalue weighted by Gasteiger charge is -2.34. The summed E-state index contributed by atoms with van der Waals surface area (Å²) in [7, 11) is 2.14. The SMILES string of the molecule is CN1CCN(c2ccc(N=Cc3c(O)[nH]c4cc(C(=O)c5cccc(NC(=O)c6ccccn6)c5)ccc34)cc2)CC1. The smallest absolute Gasteiger partial charge is 0.274 e. The molecule has 0 saturated carbocycles. The minimum atomic E-state index is -0.358. The van der Waals surface area contributed by atoms with E-state index >= 15 is 0 Å². The average molecular weight is 559 g/mol. The second-order valence-electron chi connectivity index (χ2n) is 10.3. The maximum absolute atomic E-state index is 13.3. The zero-order valence-electron chi connectivity index (χ0n) is 23.1. The summed E-state index contributed by atoms with van der Waals surface area (Å²) in [5, 5.41) is 14.2. The van der Waals surface area contributed by atoms with Crippen LogP contribution in [0, 0.1) is 0 Å². The zero-order valence-corrected chi connectivity index (χ0v) is 23.1. The van der Waals surface area contributed by atoms with Crippen LogP contribution in [-0.4, -0.2) is 71.1 Å². The van der Waals surface area contributed by atoms with E-state index in [9.17, 15) is 14.7 Å². The first kappa shape index (κ1) is 26.9. The third-order valence-electron chi connectivity index (χ3n) is 7.42. The Bertz CT molecular complexity index is 1770. The maximum atomic E-state index is 13.3. The summed E-state index contributed by atoms with van der Waals surface area (Å²) >= 11 is 0. The van der Waals surface area contributed by atoms with Crippen molar-refractivity contribution in [3.63, 3.8) is 0 Å². The number of aromatic hydroxyl groups is 1. The van der Waals surface area contributed by atoms with E-state index in [1.54, 1.807) is 73.1 Å². The van der Waals surface area contributed by atoms with Gasteiger partial charge >= 0.3 is 0 Å². The third-order valence-corrected chi connectivity index (χ3v) is 7.42. The van der Waals surface area contributed by atoms with Crippen molar-refractivity contribution < 1.29 is 14.7 Å². The fourth-order valence-electron chi connectivity index (χ4n) is 5.03. The second kappa shape index (κ2) is 11.7. The molecule has 1 amide bonds. The van der Waals surface area contributed by atoms with Crippen molar-refractivity contribution in [3.05, 3.63) is 114 Å². The summed E-state index contributed by atoms with van der Waals surface area (Å²) in [4.78, 5) is 42.1. The van der Waals surface area contributed by atoms with Gasteiger partial charge in [0.05, 0.1) is 11.3 Å². The largest absolute Gasteiger partial charge is 0.494 e. The van der Waals surface area contributed by atoms with Crippen molar-refractivity contribution in [2.24, 2.45) is 4.99 Å². The standard InChI is InChI=1S/C33H30N6O3/c1-38-15-17-39(18-16-38)26-11-9-24(10-12-26)35-21-28-27-13-8-23(20-30(27)37-32(28)41)31(40)22-5-4-6-25(19-22)36-33(42)29-7-2-3-14-34-29/h2-14,19-21,37,41H,15-18H2,1H3,(H,36,42). The fourth-order valence-corrected chi connectivity index (χ4v) is 5.03. The molecular weight excluding hydrogens is 528 g/mol. The van der Waals surface area contributed by atoms with Gasteiger partial charge in [-0.15, -0.1) is 0 Å². The van der Waals surface area contributed by atoms with Gasteiger partial charge in [-0.25, -0.2) is 0 Å². The summed E-state index contributed by atoms with van der Waals surface area (Å²) in [5.74, 6) is -0.592. The number of aliphatic imine (C=N–C) groups is 1. The highest BCUT2D eigenvalue weighted by Gasteiger charge is 2.16. The predicted octanol–water partition coefficient (Wildman–Crippen LogP) is 5.25. The number of amides is 1. The molecule has 1 aliphatic rings. The quantitative estimate of drug-likeness (QED) is 0.186. The average Bonchev–Trinajstić information content (AvgIpc) is 3.34. The second-order valence-corrected chi connectivity index (χ2v) is 10.3. The maximum Gasteiger partial charge on any atom is 0.274 e. The van der Waals surface area contributed by atoms with Crippen LogP contribution in [0.2, 0.25) is 0 Å². The van der Waals surface area contributed by atoms with Gasteiger partial charge in [-0.3, -0.25) is 19.6 Å². The van der Waals surface area contributed by atoms with Gasteiger partial charge in [-0.2, -0.15) is 0 Å². The van der Waals surface area contributed by atoms with E-state index < -0.39 is 0 Å². The number of likely N-dealkylation sites (N-methyl/N-ethyl adjacent to an activating group) is 1. The summed E-state index contributed by atoms with van der Waals surface area (Å²) in [6.07, 6.45) is 3.18. The molecule has 210 valence electrons. The highest BCUT2D eigenvalue weighted by atomic mass is 16.3. The number of carbonyl (C=O) groups excluding carboxylic acids is 2. The van der Waals surface area contributed by atoms with Crippen LogP contribution in [0.25, 0.3) is 10.9 Å². The number of nitrogens with zero attached hydrogens (tertiary/aromatic N) is 4. The number of aromatic nitrogens is 2. The number of piperazine rings is 1. The monoisotopic (exact) mass is 558 g/mol. The van der Waals surface area contributed by atoms with Gasteiger partial charge in [0.15, 0.2) is 11.7 Å². The molecule has 5 aromatic rings. The molecule has 9 nitrogen and oxygen atoms in total. The molecule has 0 unspecified atom stereocenters. The van der Waals surface area contributed by atoms with Crippen molar-refractivity contribution in [2.75, 3.05) is 43.4 Å². The molecule has 9 heteroatoms. The first-order valence-corrected chi connectivity index (χ1v) is 13.7. The minimum Gasteiger partial charge on any atom is -0.494 e. The van der Waals surface area contributed by atoms with Crippen LogP contribution in [0.4, 0.5) is 17.1 Å². The van der Waals surface area contributed by atoms with E-state index in [0.29, 0.717) is 27.9 Å². The van der Waals surface area contributed by atoms with Crippen LogP contribution in [0.3, 0.4) is 0 Å². The Balaban J connectivity index is 1.17. The van der Waals surface area contributed by atoms with Crippen molar-refractivity contribution in [1.82, 2.24) is 14.9 Å². The van der Waals surface area contributed by atoms with Crippen LogP contribution in [-0.2, 0) is 0 Å². The van der Waals surface area contributed by atoms with E-state index in [4.69, 9.17) is 0 Å². The number of hydrogen-bond donors (Lipinski definition) is 3. The Morgan fingerprint density at radius 2 is 1.71 bits per heavy atom. The van der Waals surface area contributed by atoms with Gasteiger partial charge in [0, 0.05) is 72.0 Å². The van der Waals surface area contributed by atoms with Crippen LogP contribution >= 0.6 is 0 Å². The molecule has 1 aliphatic heterocycles. The Morgan fingerprint density at radius 1 is 0.929 bits per heavy atom. The number of H-pyrrole nitrogens is 1. The fraction of sp³-hybridized carbons (Fsp3) is 0.152. The molecule has 6 rings (SSSR count). The molecule has 3 N–H and O–H groups in total. The molecule has 0 bridgehead atoms. The molecule has 0 atom stereocenters. The van der Waals surface area contributed by atoms with Gasteiger partial charge in [-0.05, 0) is 61.6 Å². The predicted molar refractivity (Wildman–Crippen MR) is 165 cm³/mol. The number of benzene rings is 3. The zero-order chi connectivity index (χ0) is 29.1. The van der Waals surface area contributed by atoms with Crippen LogP contribution in [0.5, 0.6) is 5.88 Å². The van der Waals surface area contributed by atoms with Crippen LogP contribution < -0.4 is 10.2 Å². The van der Waals surface area contributed by atoms with Gasteiger partial charge in [0.1, 0.15) is 5.69 Å². The molecular formula is C33H30N6O3. The first-order chi connectivity index (χ1) is 20.4. The first-order valence-electron chi connectivity index (χ1n) is 13.7. The number of fused-ring (bicyclic) bond motifs is 1. The molecule has 1 fully saturated rings. The molecule has 0 radical (unpaired) electrons. The van der Waals surface area contributed by atoms with Gasteiger partial charge in [-0.1, -0.05) is 30.3 Å². The Hall–Kier alpha value is -5.28. The number of ketones is 1. The summed E-state index contributed by atoms with van der Waals surface area (Å²) < 4.78 is 0. The molecule has 2 aromatic heterocycles. The van der Waals surface area contributed by atoms with Crippen molar-refractivity contribution >= 4 is 45.9 Å². The molecule has 3 heterocycles. The van der Waals surface area contributed by atoms with E-state index in [0.717, 1.165) is 37.3 Å². The van der Waals surface area contributed by atoms with E-state index in [-0.39, 0.29) is 23.3 Å². The molecule has 42 heavy (non-hydrogen) atoms. The number of carbonyl (C=O) groups is 2. The Kier molecular flexibility index (Phi) is 7.49. The highest BCUT2D eigenvalue weighted by Crippen LogP contribution is 2.29.